The van der Waals surface area contributed by atoms with Crippen molar-refractivity contribution in [3.8, 4) is 17.3 Å². The van der Waals surface area contributed by atoms with Gasteiger partial charge in [-0.15, -0.1) is 0 Å². The lowest BCUT2D eigenvalue weighted by Gasteiger charge is -2.31. The van der Waals surface area contributed by atoms with Gasteiger partial charge in [0, 0.05) is 30.6 Å². The van der Waals surface area contributed by atoms with Gasteiger partial charge in [0.1, 0.15) is 6.10 Å². The van der Waals surface area contributed by atoms with Crippen molar-refractivity contribution in [2.24, 2.45) is 0 Å². The molecule has 1 unspecified atom stereocenters. The number of likely N-dealkylation sites (tertiary alicyclic amines) is 1. The first-order chi connectivity index (χ1) is 13.7. The highest BCUT2D eigenvalue weighted by molar-refractivity contribution is 5.93. The maximum atomic E-state index is 12.8. The first-order valence-electron chi connectivity index (χ1n) is 9.52. The summed E-state index contributed by atoms with van der Waals surface area (Å²) in [4.78, 5) is 23.1. The summed E-state index contributed by atoms with van der Waals surface area (Å²) in [5.74, 6) is 0.430. The van der Waals surface area contributed by atoms with E-state index in [9.17, 15) is 4.79 Å². The second-order valence-corrected chi connectivity index (χ2v) is 6.80. The zero-order chi connectivity index (χ0) is 19.3. The molecule has 0 aliphatic carbocycles. The molecule has 1 amide bonds. The van der Waals surface area contributed by atoms with Gasteiger partial charge in [-0.1, -0.05) is 42.4 Å². The Morgan fingerprint density at radius 2 is 2.04 bits per heavy atom. The highest BCUT2D eigenvalue weighted by Gasteiger charge is 2.28. The van der Waals surface area contributed by atoms with E-state index in [2.05, 4.69) is 22.0 Å². The first kappa shape index (κ1) is 18.2. The van der Waals surface area contributed by atoms with Crippen LogP contribution in [0.5, 0.6) is 6.01 Å². The number of benzene rings is 1. The molecule has 7 nitrogen and oxygen atoms in total. The highest BCUT2D eigenvalue weighted by Crippen LogP contribution is 2.22. The molecule has 1 aliphatic rings. The summed E-state index contributed by atoms with van der Waals surface area (Å²) in [7, 11) is 0. The van der Waals surface area contributed by atoms with Crippen molar-refractivity contribution in [1.82, 2.24) is 20.0 Å². The molecule has 3 heterocycles. The largest absolute Gasteiger partial charge is 0.458 e. The molecule has 1 aromatic carbocycles. The van der Waals surface area contributed by atoms with Crippen LogP contribution in [-0.4, -0.2) is 45.1 Å². The quantitative estimate of drug-likeness (QED) is 0.677. The van der Waals surface area contributed by atoms with Crippen LogP contribution in [0, 0.1) is 0 Å². The van der Waals surface area contributed by atoms with E-state index in [0.717, 1.165) is 30.4 Å². The Morgan fingerprint density at radius 3 is 2.79 bits per heavy atom. The van der Waals surface area contributed by atoms with Crippen molar-refractivity contribution in [3.05, 3.63) is 60.0 Å². The zero-order valence-electron chi connectivity index (χ0n) is 15.7. The Bertz CT molecular complexity index is 924. The van der Waals surface area contributed by atoms with Gasteiger partial charge in [-0.3, -0.25) is 4.79 Å². The van der Waals surface area contributed by atoms with Crippen molar-refractivity contribution < 1.29 is 14.1 Å². The fraction of sp³-hybridized carbons (Fsp3) is 0.333. The van der Waals surface area contributed by atoms with Crippen LogP contribution < -0.4 is 4.74 Å². The fourth-order valence-corrected chi connectivity index (χ4v) is 3.23. The van der Waals surface area contributed by atoms with Crippen LogP contribution in [0.2, 0.25) is 0 Å². The van der Waals surface area contributed by atoms with E-state index in [0.29, 0.717) is 30.6 Å². The molecule has 0 radical (unpaired) electrons. The highest BCUT2D eigenvalue weighted by atomic mass is 16.5. The third-order valence-corrected chi connectivity index (χ3v) is 4.81. The molecule has 3 aromatic rings. The predicted molar refractivity (Wildman–Crippen MR) is 103 cm³/mol. The van der Waals surface area contributed by atoms with Crippen LogP contribution in [0.25, 0.3) is 11.3 Å². The molecule has 0 bridgehead atoms. The van der Waals surface area contributed by atoms with Crippen LogP contribution in [0.1, 0.15) is 35.8 Å². The van der Waals surface area contributed by atoms with Crippen LogP contribution in [0.4, 0.5) is 0 Å². The molecule has 1 atom stereocenters. The van der Waals surface area contributed by atoms with Crippen LogP contribution >= 0.6 is 0 Å². The lowest BCUT2D eigenvalue weighted by molar-refractivity contribution is 0.0507. The molecule has 0 N–H and O–H groups in total. The van der Waals surface area contributed by atoms with Gasteiger partial charge in [0.25, 0.3) is 5.91 Å². The van der Waals surface area contributed by atoms with Gasteiger partial charge >= 0.3 is 6.01 Å². The van der Waals surface area contributed by atoms with E-state index < -0.39 is 0 Å². The number of hydrogen-bond donors (Lipinski definition) is 0. The molecule has 4 rings (SSSR count). The van der Waals surface area contributed by atoms with Gasteiger partial charge in [0.15, 0.2) is 11.5 Å². The van der Waals surface area contributed by atoms with Crippen LogP contribution in [0.15, 0.2) is 53.3 Å². The summed E-state index contributed by atoms with van der Waals surface area (Å²) < 4.78 is 11.2. The van der Waals surface area contributed by atoms with E-state index in [-0.39, 0.29) is 12.0 Å². The molecule has 2 aromatic heterocycles. The minimum absolute atomic E-state index is 0.134. The molecular weight excluding hydrogens is 356 g/mol. The first-order valence-corrected chi connectivity index (χ1v) is 9.52. The topological polar surface area (TPSA) is 81.4 Å². The average Bonchev–Trinajstić information content (AvgIpc) is 3.25. The number of piperidine rings is 1. The summed E-state index contributed by atoms with van der Waals surface area (Å²) in [6, 6.07) is 11.6. The summed E-state index contributed by atoms with van der Waals surface area (Å²) in [6.07, 6.45) is 6.01. The summed E-state index contributed by atoms with van der Waals surface area (Å²) in [5, 5.41) is 3.96. The Labute approximate surface area is 163 Å². The van der Waals surface area contributed by atoms with Gasteiger partial charge < -0.3 is 14.2 Å². The third-order valence-electron chi connectivity index (χ3n) is 4.81. The Kier molecular flexibility index (Phi) is 5.32. The second-order valence-electron chi connectivity index (χ2n) is 6.80. The molecule has 1 aliphatic heterocycles. The van der Waals surface area contributed by atoms with Crippen molar-refractivity contribution in [2.75, 3.05) is 13.1 Å². The predicted octanol–water partition coefficient (Wildman–Crippen LogP) is 3.38. The standard InChI is InChI=1S/C21H22N4O3/c1-2-15-12-22-21(23-13-15)27-17-9-6-10-25(14-17)20(26)18-11-19(28-24-18)16-7-4-3-5-8-16/h3-5,7-8,11-13,17H,2,6,9-10,14H2,1H3. The number of nitrogens with zero attached hydrogens (tertiary/aromatic N) is 4. The summed E-state index contributed by atoms with van der Waals surface area (Å²) in [5.41, 5.74) is 2.26. The second kappa shape index (κ2) is 8.21. The number of carbonyl (C=O) groups is 1. The minimum atomic E-state index is -0.151. The van der Waals surface area contributed by atoms with Crippen molar-refractivity contribution in [1.29, 1.82) is 0 Å². The van der Waals surface area contributed by atoms with Crippen LogP contribution in [-0.2, 0) is 6.42 Å². The molecule has 0 saturated carbocycles. The molecule has 0 spiro atoms. The molecule has 1 fully saturated rings. The summed E-state index contributed by atoms with van der Waals surface area (Å²) >= 11 is 0. The van der Waals surface area contributed by atoms with Gasteiger partial charge in [0.05, 0.1) is 6.54 Å². The average molecular weight is 378 g/mol. The van der Waals surface area contributed by atoms with Gasteiger partial charge in [-0.25, -0.2) is 9.97 Å². The van der Waals surface area contributed by atoms with E-state index in [1.54, 1.807) is 23.4 Å². The maximum Gasteiger partial charge on any atom is 0.316 e. The smallest absolute Gasteiger partial charge is 0.316 e. The molecule has 7 heteroatoms. The molecule has 1 saturated heterocycles. The number of hydrogen-bond acceptors (Lipinski definition) is 6. The molecule has 144 valence electrons. The number of aromatic nitrogens is 3. The molecule has 28 heavy (non-hydrogen) atoms. The van der Waals surface area contributed by atoms with Crippen molar-refractivity contribution in [3.63, 3.8) is 0 Å². The van der Waals surface area contributed by atoms with Gasteiger partial charge in [-0.05, 0) is 24.8 Å². The number of carbonyl (C=O) groups excluding carboxylic acids is 1. The SMILES string of the molecule is CCc1cnc(OC2CCCN(C(=O)c3cc(-c4ccccc4)on3)C2)nc1. The Morgan fingerprint density at radius 1 is 1.25 bits per heavy atom. The van der Waals surface area contributed by atoms with Crippen molar-refractivity contribution in [2.45, 2.75) is 32.3 Å². The zero-order valence-corrected chi connectivity index (χ0v) is 15.7. The lowest BCUT2D eigenvalue weighted by atomic mass is 10.1. The van der Waals surface area contributed by atoms with Crippen LogP contribution in [0.3, 0.4) is 0 Å². The monoisotopic (exact) mass is 378 g/mol. The summed E-state index contributed by atoms with van der Waals surface area (Å²) in [6.45, 7) is 3.20. The number of aryl methyl sites for hydroxylation is 1. The van der Waals surface area contributed by atoms with Crippen molar-refractivity contribution >= 4 is 5.91 Å². The van der Waals surface area contributed by atoms with Gasteiger partial charge in [-0.2, -0.15) is 0 Å². The normalized spacial score (nSPS) is 16.8. The lowest BCUT2D eigenvalue weighted by Crippen LogP contribution is -2.44. The van der Waals surface area contributed by atoms with E-state index in [4.69, 9.17) is 9.26 Å². The maximum absolute atomic E-state index is 12.8. The Hall–Kier alpha value is -3.22. The number of rotatable bonds is 5. The third kappa shape index (κ3) is 4.03. The number of ether oxygens (including phenoxy) is 1. The van der Waals surface area contributed by atoms with E-state index in [1.807, 2.05) is 30.3 Å². The fourth-order valence-electron chi connectivity index (χ4n) is 3.23. The molecular formula is C21H22N4O3. The van der Waals surface area contributed by atoms with E-state index in [1.165, 1.54) is 0 Å². The van der Waals surface area contributed by atoms with Gasteiger partial charge in [0.2, 0.25) is 0 Å². The number of amides is 1. The Balaban J connectivity index is 1.41. The minimum Gasteiger partial charge on any atom is -0.458 e. The van der Waals surface area contributed by atoms with E-state index >= 15 is 0 Å².